The second kappa shape index (κ2) is 7.89. The number of para-hydroxylation sites is 1. The van der Waals surface area contributed by atoms with Gasteiger partial charge >= 0.3 is 5.97 Å². The summed E-state index contributed by atoms with van der Waals surface area (Å²) < 4.78 is 6.04. The monoisotopic (exact) mass is 450 g/mol. The molecule has 0 saturated carbocycles. The van der Waals surface area contributed by atoms with Crippen molar-refractivity contribution in [2.45, 2.75) is 0 Å². The van der Waals surface area contributed by atoms with Crippen molar-refractivity contribution in [2.24, 2.45) is 0 Å². The van der Waals surface area contributed by atoms with Crippen LogP contribution in [0.15, 0.2) is 77.3 Å². The number of rotatable bonds is 5. The Bertz CT molecular complexity index is 1100. The maximum atomic E-state index is 12.5. The third-order valence-corrected chi connectivity index (χ3v) is 4.94. The topological polar surface area (TPSA) is 75.7 Å². The molecular weight excluding hydrogens is 436 g/mol. The highest BCUT2D eigenvalue weighted by molar-refractivity contribution is 9.10. The molecule has 0 spiro atoms. The van der Waals surface area contributed by atoms with E-state index in [0.717, 1.165) is 9.37 Å². The van der Waals surface area contributed by atoms with Gasteiger partial charge in [-0.3, -0.25) is 14.5 Å². The number of anilines is 1. The highest BCUT2D eigenvalue weighted by atomic mass is 79.9. The van der Waals surface area contributed by atoms with Crippen LogP contribution in [0.25, 0.3) is 0 Å². The predicted molar refractivity (Wildman–Crippen MR) is 111 cm³/mol. The molecule has 29 heavy (non-hydrogen) atoms. The van der Waals surface area contributed by atoms with Crippen LogP contribution in [-0.2, 0) is 0 Å². The highest BCUT2D eigenvalue weighted by Crippen LogP contribution is 2.26. The molecule has 0 aromatic heterocycles. The Balaban J connectivity index is 1.39. The fourth-order valence-corrected chi connectivity index (χ4v) is 3.32. The first-order valence-electron chi connectivity index (χ1n) is 8.80. The van der Waals surface area contributed by atoms with E-state index in [9.17, 15) is 14.4 Å². The molecule has 0 unspecified atom stereocenters. The second-order valence-corrected chi connectivity index (χ2v) is 7.26. The number of imide groups is 1. The summed E-state index contributed by atoms with van der Waals surface area (Å²) in [5.74, 6) is -0.680. The number of ether oxygens (including phenoxy) is 1. The lowest BCUT2D eigenvalue weighted by Crippen LogP contribution is -2.34. The van der Waals surface area contributed by atoms with E-state index in [2.05, 4.69) is 21.2 Å². The maximum Gasteiger partial charge on any atom is 0.343 e. The Hall–Kier alpha value is -3.45. The first-order valence-corrected chi connectivity index (χ1v) is 9.59. The van der Waals surface area contributed by atoms with Crippen LogP contribution in [-0.4, -0.2) is 29.4 Å². The molecule has 0 fully saturated rings. The van der Waals surface area contributed by atoms with Crippen molar-refractivity contribution < 1.29 is 19.1 Å². The van der Waals surface area contributed by atoms with E-state index >= 15 is 0 Å². The first-order chi connectivity index (χ1) is 14.0. The van der Waals surface area contributed by atoms with Crippen LogP contribution in [0.5, 0.6) is 5.75 Å². The van der Waals surface area contributed by atoms with Gasteiger partial charge in [-0.2, -0.15) is 0 Å². The normalized spacial score (nSPS) is 12.7. The van der Waals surface area contributed by atoms with Crippen LogP contribution < -0.4 is 10.1 Å². The Morgan fingerprint density at radius 2 is 1.59 bits per heavy atom. The number of nitrogens with zero attached hydrogens (tertiary/aromatic N) is 1. The van der Waals surface area contributed by atoms with Gasteiger partial charge in [-0.15, -0.1) is 0 Å². The first kappa shape index (κ1) is 18.9. The quantitative estimate of drug-likeness (QED) is 0.355. The van der Waals surface area contributed by atoms with Crippen LogP contribution in [0.3, 0.4) is 0 Å². The van der Waals surface area contributed by atoms with Gasteiger partial charge in [0.1, 0.15) is 5.75 Å². The molecule has 1 aliphatic heterocycles. The zero-order valence-electron chi connectivity index (χ0n) is 15.1. The summed E-state index contributed by atoms with van der Waals surface area (Å²) in [6, 6.07) is 20.4. The number of fused-ring (bicyclic) bond motifs is 1. The summed E-state index contributed by atoms with van der Waals surface area (Å²) in [5.41, 5.74) is 1.83. The van der Waals surface area contributed by atoms with Crippen LogP contribution in [0, 0.1) is 0 Å². The molecule has 4 rings (SSSR count). The van der Waals surface area contributed by atoms with Crippen LogP contribution in [0.2, 0.25) is 0 Å². The van der Waals surface area contributed by atoms with Gasteiger partial charge in [0.25, 0.3) is 11.8 Å². The molecule has 2 amide bonds. The molecule has 1 aliphatic rings. The maximum absolute atomic E-state index is 12.5. The molecule has 0 saturated heterocycles. The minimum Gasteiger partial charge on any atom is -0.423 e. The lowest BCUT2D eigenvalue weighted by molar-refractivity contribution is 0.0664. The van der Waals surface area contributed by atoms with Crippen molar-refractivity contribution in [3.8, 4) is 5.75 Å². The van der Waals surface area contributed by atoms with Crippen molar-refractivity contribution >= 4 is 39.4 Å². The molecule has 0 aliphatic carbocycles. The van der Waals surface area contributed by atoms with E-state index in [0.29, 0.717) is 28.1 Å². The SMILES string of the molecule is O=C(Oc1ccccc1)c1ccc(NCN2C(=O)c3ccc(Br)cc3C2=O)cc1. The largest absolute Gasteiger partial charge is 0.423 e. The fraction of sp³-hybridized carbons (Fsp3) is 0.0455. The molecule has 1 heterocycles. The summed E-state index contributed by atoms with van der Waals surface area (Å²) in [6.45, 7) is 0.0256. The van der Waals surface area contributed by atoms with Crippen molar-refractivity contribution in [1.82, 2.24) is 4.90 Å². The van der Waals surface area contributed by atoms with Crippen LogP contribution in [0.4, 0.5) is 5.69 Å². The number of halogens is 1. The van der Waals surface area contributed by atoms with E-state index in [1.54, 1.807) is 66.7 Å². The number of hydrogen-bond donors (Lipinski definition) is 1. The molecule has 144 valence electrons. The third-order valence-electron chi connectivity index (χ3n) is 4.45. The summed E-state index contributed by atoms with van der Waals surface area (Å²) >= 11 is 3.31. The van der Waals surface area contributed by atoms with Gasteiger partial charge < -0.3 is 10.1 Å². The molecule has 3 aromatic rings. The van der Waals surface area contributed by atoms with Crippen molar-refractivity contribution in [3.05, 3.63) is 94.0 Å². The van der Waals surface area contributed by atoms with Crippen LogP contribution in [0.1, 0.15) is 31.1 Å². The van der Waals surface area contributed by atoms with Gasteiger partial charge in [-0.25, -0.2) is 4.79 Å². The standard InChI is InChI=1S/C22H15BrN2O4/c23-15-8-11-18-19(12-15)21(27)25(20(18)26)13-24-16-9-6-14(7-10-16)22(28)29-17-4-2-1-3-5-17/h1-12,24H,13H2. The summed E-state index contributed by atoms with van der Waals surface area (Å²) in [6.07, 6.45) is 0. The fourth-order valence-electron chi connectivity index (χ4n) is 2.96. The summed E-state index contributed by atoms with van der Waals surface area (Å²) in [7, 11) is 0. The zero-order valence-corrected chi connectivity index (χ0v) is 16.7. The summed E-state index contributed by atoms with van der Waals surface area (Å²) in [4.78, 5) is 38.3. The van der Waals surface area contributed by atoms with Gasteiger partial charge in [0, 0.05) is 10.2 Å². The van der Waals surface area contributed by atoms with Gasteiger partial charge in [0.2, 0.25) is 0 Å². The second-order valence-electron chi connectivity index (χ2n) is 6.34. The number of amides is 2. The highest BCUT2D eigenvalue weighted by Gasteiger charge is 2.35. The van der Waals surface area contributed by atoms with E-state index in [-0.39, 0.29) is 18.5 Å². The molecule has 3 aromatic carbocycles. The molecular formula is C22H15BrN2O4. The molecule has 7 heteroatoms. The Labute approximate surface area is 175 Å². The zero-order chi connectivity index (χ0) is 20.4. The van der Waals surface area contributed by atoms with E-state index in [1.807, 2.05) is 6.07 Å². The molecule has 0 radical (unpaired) electrons. The van der Waals surface area contributed by atoms with Crippen LogP contribution >= 0.6 is 15.9 Å². The average Bonchev–Trinajstić information content (AvgIpc) is 2.97. The minimum absolute atomic E-state index is 0.0256. The number of hydrogen-bond acceptors (Lipinski definition) is 5. The van der Waals surface area contributed by atoms with Gasteiger partial charge in [0.05, 0.1) is 23.4 Å². The Morgan fingerprint density at radius 3 is 2.31 bits per heavy atom. The number of benzene rings is 3. The van der Waals surface area contributed by atoms with E-state index < -0.39 is 5.97 Å². The molecule has 1 N–H and O–H groups in total. The Morgan fingerprint density at radius 1 is 0.897 bits per heavy atom. The lowest BCUT2D eigenvalue weighted by atomic mass is 10.1. The van der Waals surface area contributed by atoms with Crippen molar-refractivity contribution in [1.29, 1.82) is 0 Å². The predicted octanol–water partition coefficient (Wildman–Crippen LogP) is 4.33. The van der Waals surface area contributed by atoms with Crippen molar-refractivity contribution in [2.75, 3.05) is 12.0 Å². The lowest BCUT2D eigenvalue weighted by Gasteiger charge is -2.15. The number of nitrogens with one attached hydrogen (secondary N) is 1. The smallest absolute Gasteiger partial charge is 0.343 e. The van der Waals surface area contributed by atoms with Gasteiger partial charge in [0.15, 0.2) is 0 Å². The van der Waals surface area contributed by atoms with Gasteiger partial charge in [-0.1, -0.05) is 34.1 Å². The minimum atomic E-state index is -0.464. The average molecular weight is 451 g/mol. The van der Waals surface area contributed by atoms with E-state index in [4.69, 9.17) is 4.74 Å². The van der Waals surface area contributed by atoms with Crippen molar-refractivity contribution in [3.63, 3.8) is 0 Å². The summed E-state index contributed by atoms with van der Waals surface area (Å²) in [5, 5.41) is 3.03. The van der Waals surface area contributed by atoms with Gasteiger partial charge in [-0.05, 0) is 54.6 Å². The Kier molecular flexibility index (Phi) is 5.14. The number of esters is 1. The molecule has 0 atom stereocenters. The number of carbonyl (C=O) groups is 3. The molecule has 0 bridgehead atoms. The van der Waals surface area contributed by atoms with E-state index in [1.165, 1.54) is 0 Å². The third kappa shape index (κ3) is 3.90. The molecule has 6 nitrogen and oxygen atoms in total. The number of carbonyl (C=O) groups excluding carboxylic acids is 3.